The number of methoxy groups -OCH3 is 1. The average molecular weight is 329 g/mol. The Kier molecular flexibility index (Phi) is 5.10. The molecule has 0 fully saturated rings. The molecule has 124 valence electrons. The summed E-state index contributed by atoms with van der Waals surface area (Å²) in [6.45, 7) is -0.0345. The van der Waals surface area contributed by atoms with Gasteiger partial charge < -0.3 is 15.2 Å². The third kappa shape index (κ3) is 4.35. The molecule has 0 aliphatic rings. The molecule has 0 bridgehead atoms. The molecule has 2 rings (SSSR count). The van der Waals surface area contributed by atoms with Gasteiger partial charge in [0, 0.05) is 5.56 Å². The topological polar surface area (TPSA) is 44.5 Å². The largest absolute Gasteiger partial charge is 0.496 e. The lowest BCUT2D eigenvalue weighted by atomic mass is 10.0. The van der Waals surface area contributed by atoms with E-state index in [1.165, 1.54) is 49.6 Å². The van der Waals surface area contributed by atoms with E-state index in [0.29, 0.717) is 17.1 Å². The van der Waals surface area contributed by atoms with Crippen molar-refractivity contribution in [3.05, 3.63) is 59.4 Å². The normalized spacial score (nSPS) is 12.8. The third-order valence-electron chi connectivity index (χ3n) is 3.22. The van der Waals surface area contributed by atoms with Crippen LogP contribution < -0.4 is 15.2 Å². The van der Waals surface area contributed by atoms with Crippen molar-refractivity contribution in [2.24, 2.45) is 5.73 Å². The summed E-state index contributed by atoms with van der Waals surface area (Å²) >= 11 is 0. The van der Waals surface area contributed by atoms with Crippen LogP contribution in [0, 0.1) is 5.82 Å². The lowest BCUT2D eigenvalue weighted by molar-refractivity contribution is -0.149. The van der Waals surface area contributed by atoms with Gasteiger partial charge in [-0.2, -0.15) is 13.2 Å². The van der Waals surface area contributed by atoms with Crippen LogP contribution in [0.1, 0.15) is 17.2 Å². The number of hydrogen-bond acceptors (Lipinski definition) is 3. The second-order valence-corrected chi connectivity index (χ2v) is 4.83. The van der Waals surface area contributed by atoms with Crippen molar-refractivity contribution >= 4 is 0 Å². The molecule has 0 aliphatic carbocycles. The SMILES string of the molecule is COc1ccc([C@@H](N)C(F)(F)F)cc1COc1ccc(F)cc1. The van der Waals surface area contributed by atoms with Crippen molar-refractivity contribution < 1.29 is 27.0 Å². The maximum absolute atomic E-state index is 12.8. The summed E-state index contributed by atoms with van der Waals surface area (Å²) in [5.41, 5.74) is 5.53. The zero-order valence-electron chi connectivity index (χ0n) is 12.2. The van der Waals surface area contributed by atoms with Gasteiger partial charge in [0.25, 0.3) is 0 Å². The first kappa shape index (κ1) is 17.1. The molecule has 0 radical (unpaired) electrons. The highest BCUT2D eigenvalue weighted by molar-refractivity contribution is 5.39. The number of alkyl halides is 3. The fourth-order valence-corrected chi connectivity index (χ4v) is 1.99. The van der Waals surface area contributed by atoms with Crippen LogP contribution in [0.15, 0.2) is 42.5 Å². The molecule has 23 heavy (non-hydrogen) atoms. The van der Waals surface area contributed by atoms with Crippen LogP contribution >= 0.6 is 0 Å². The molecule has 0 amide bonds. The monoisotopic (exact) mass is 329 g/mol. The Balaban J connectivity index is 2.20. The molecule has 0 aliphatic heterocycles. The first-order chi connectivity index (χ1) is 10.8. The Morgan fingerprint density at radius 3 is 2.30 bits per heavy atom. The van der Waals surface area contributed by atoms with Gasteiger partial charge in [-0.3, -0.25) is 0 Å². The Hall–Kier alpha value is -2.28. The molecule has 0 aromatic heterocycles. The molecule has 1 atom stereocenters. The van der Waals surface area contributed by atoms with Gasteiger partial charge in [0.05, 0.1) is 7.11 Å². The van der Waals surface area contributed by atoms with Gasteiger partial charge in [0.1, 0.15) is 30.0 Å². The highest BCUT2D eigenvalue weighted by Crippen LogP contribution is 2.33. The van der Waals surface area contributed by atoms with E-state index in [9.17, 15) is 17.6 Å². The Labute approximate surface area is 130 Å². The Morgan fingerprint density at radius 1 is 1.09 bits per heavy atom. The van der Waals surface area contributed by atoms with Crippen LogP contribution in [0.4, 0.5) is 17.6 Å². The second kappa shape index (κ2) is 6.87. The summed E-state index contributed by atoms with van der Waals surface area (Å²) in [7, 11) is 1.40. The van der Waals surface area contributed by atoms with E-state index in [0.717, 1.165) is 0 Å². The number of ether oxygens (including phenoxy) is 2. The van der Waals surface area contributed by atoms with Gasteiger partial charge in [-0.15, -0.1) is 0 Å². The van der Waals surface area contributed by atoms with Gasteiger partial charge in [-0.05, 0) is 42.0 Å². The summed E-state index contributed by atoms with van der Waals surface area (Å²) in [5, 5.41) is 0. The summed E-state index contributed by atoms with van der Waals surface area (Å²) in [4.78, 5) is 0. The summed E-state index contributed by atoms with van der Waals surface area (Å²) < 4.78 is 61.5. The van der Waals surface area contributed by atoms with Gasteiger partial charge in [-0.1, -0.05) is 6.07 Å². The van der Waals surface area contributed by atoms with E-state index in [2.05, 4.69) is 0 Å². The maximum Gasteiger partial charge on any atom is 0.407 e. The minimum atomic E-state index is -4.54. The zero-order valence-corrected chi connectivity index (χ0v) is 12.2. The van der Waals surface area contributed by atoms with Crippen LogP contribution in [-0.4, -0.2) is 13.3 Å². The number of rotatable bonds is 5. The fourth-order valence-electron chi connectivity index (χ4n) is 1.99. The lowest BCUT2D eigenvalue weighted by Gasteiger charge is -2.18. The average Bonchev–Trinajstić information content (AvgIpc) is 2.52. The van der Waals surface area contributed by atoms with Gasteiger partial charge >= 0.3 is 6.18 Å². The van der Waals surface area contributed by atoms with Crippen LogP contribution in [0.3, 0.4) is 0 Å². The van der Waals surface area contributed by atoms with Crippen molar-refractivity contribution in [3.8, 4) is 11.5 Å². The molecule has 0 heterocycles. The molecule has 0 saturated carbocycles. The van der Waals surface area contributed by atoms with Crippen LogP contribution in [0.25, 0.3) is 0 Å². The van der Waals surface area contributed by atoms with E-state index >= 15 is 0 Å². The first-order valence-electron chi connectivity index (χ1n) is 6.68. The van der Waals surface area contributed by atoms with E-state index in [-0.39, 0.29) is 12.2 Å². The van der Waals surface area contributed by atoms with E-state index < -0.39 is 18.0 Å². The molecule has 7 heteroatoms. The zero-order chi connectivity index (χ0) is 17.0. The Bertz CT molecular complexity index is 656. The molecule has 0 saturated heterocycles. The molecule has 2 N–H and O–H groups in total. The lowest BCUT2D eigenvalue weighted by Crippen LogP contribution is -2.28. The van der Waals surface area contributed by atoms with Gasteiger partial charge in [0.2, 0.25) is 0 Å². The maximum atomic E-state index is 12.8. The number of hydrogen-bond donors (Lipinski definition) is 1. The minimum absolute atomic E-state index is 0.0345. The van der Waals surface area contributed by atoms with Crippen molar-refractivity contribution in [2.45, 2.75) is 18.8 Å². The third-order valence-corrected chi connectivity index (χ3v) is 3.22. The number of halogens is 4. The second-order valence-electron chi connectivity index (χ2n) is 4.83. The first-order valence-corrected chi connectivity index (χ1v) is 6.68. The van der Waals surface area contributed by atoms with Crippen molar-refractivity contribution in [1.82, 2.24) is 0 Å². The molecule has 2 aromatic rings. The summed E-state index contributed by atoms with van der Waals surface area (Å²) in [5.74, 6) is 0.359. The van der Waals surface area contributed by atoms with E-state index in [1.54, 1.807) is 0 Å². The smallest absolute Gasteiger partial charge is 0.407 e. The van der Waals surface area contributed by atoms with Crippen LogP contribution in [0.5, 0.6) is 11.5 Å². The van der Waals surface area contributed by atoms with E-state index in [4.69, 9.17) is 15.2 Å². The molecule has 2 aromatic carbocycles. The number of benzene rings is 2. The van der Waals surface area contributed by atoms with Crippen LogP contribution in [0.2, 0.25) is 0 Å². The molecule has 0 unspecified atom stereocenters. The predicted molar refractivity (Wildman–Crippen MR) is 76.7 cm³/mol. The molecule has 0 spiro atoms. The predicted octanol–water partition coefficient (Wildman–Crippen LogP) is 3.98. The summed E-state index contributed by atoms with van der Waals surface area (Å²) in [6, 6.07) is 7.17. The Morgan fingerprint density at radius 2 is 1.74 bits per heavy atom. The van der Waals surface area contributed by atoms with Gasteiger partial charge in [-0.25, -0.2) is 4.39 Å². The molecule has 3 nitrogen and oxygen atoms in total. The van der Waals surface area contributed by atoms with E-state index in [1.807, 2.05) is 0 Å². The quantitative estimate of drug-likeness (QED) is 0.844. The summed E-state index contributed by atoms with van der Waals surface area (Å²) in [6.07, 6.45) is -4.54. The van der Waals surface area contributed by atoms with Crippen molar-refractivity contribution in [2.75, 3.05) is 7.11 Å². The molecular weight excluding hydrogens is 314 g/mol. The molecular formula is C16H15F4NO2. The highest BCUT2D eigenvalue weighted by atomic mass is 19.4. The standard InChI is InChI=1S/C16H15F4NO2/c1-22-14-7-2-10(15(21)16(18,19)20)8-11(14)9-23-13-5-3-12(17)4-6-13/h2-8,15H,9,21H2,1H3/t15-/m1/s1. The highest BCUT2D eigenvalue weighted by Gasteiger charge is 2.38. The fraction of sp³-hybridized carbons (Fsp3) is 0.250. The van der Waals surface area contributed by atoms with Crippen molar-refractivity contribution in [3.63, 3.8) is 0 Å². The van der Waals surface area contributed by atoms with Gasteiger partial charge in [0.15, 0.2) is 0 Å². The van der Waals surface area contributed by atoms with Crippen molar-refractivity contribution in [1.29, 1.82) is 0 Å². The number of nitrogens with two attached hydrogens (primary N) is 1. The minimum Gasteiger partial charge on any atom is -0.496 e. The van der Waals surface area contributed by atoms with Crippen LogP contribution in [-0.2, 0) is 6.61 Å².